The van der Waals surface area contributed by atoms with Gasteiger partial charge in [-0.2, -0.15) is 0 Å². The molecule has 0 unspecified atom stereocenters. The van der Waals surface area contributed by atoms with E-state index in [0.29, 0.717) is 38.4 Å². The molecule has 0 radical (unpaired) electrons. The van der Waals surface area contributed by atoms with Crippen LogP contribution in [0.15, 0.2) is 10.9 Å². The van der Waals surface area contributed by atoms with Crippen molar-refractivity contribution in [3.63, 3.8) is 0 Å². The van der Waals surface area contributed by atoms with Gasteiger partial charge in [-0.05, 0) is 19.8 Å². The van der Waals surface area contributed by atoms with E-state index in [2.05, 4.69) is 15.3 Å². The minimum atomic E-state index is -0.328. The van der Waals surface area contributed by atoms with Gasteiger partial charge >= 0.3 is 0 Å². The Labute approximate surface area is 146 Å². The molecule has 0 aromatic carbocycles. The maximum atomic E-state index is 12.7. The highest BCUT2D eigenvalue weighted by Crippen LogP contribution is 2.25. The van der Waals surface area contributed by atoms with Gasteiger partial charge in [-0.3, -0.25) is 14.4 Å². The highest BCUT2D eigenvalue weighted by Gasteiger charge is 2.32. The molecule has 2 aliphatic rings. The Morgan fingerprint density at radius 2 is 1.92 bits per heavy atom. The summed E-state index contributed by atoms with van der Waals surface area (Å²) in [7, 11) is 0. The topological polar surface area (TPSA) is 98.4 Å². The number of amides is 2. The largest absolute Gasteiger partial charge is 0.341 e. The quantitative estimate of drug-likeness (QED) is 0.759. The molecule has 0 aliphatic carbocycles. The van der Waals surface area contributed by atoms with Crippen molar-refractivity contribution in [2.45, 2.75) is 38.6 Å². The molecule has 2 N–H and O–H groups in total. The van der Waals surface area contributed by atoms with E-state index in [1.54, 1.807) is 4.90 Å². The van der Waals surface area contributed by atoms with Crippen molar-refractivity contribution in [2.24, 2.45) is 0 Å². The molecule has 1 atom stereocenters. The molecular weight excluding hydrogens is 322 g/mol. The molecule has 2 amide bonds. The number of nitrogens with one attached hydrogen (secondary N) is 2. The predicted molar refractivity (Wildman–Crippen MR) is 92.2 cm³/mol. The number of likely N-dealkylation sites (tertiary alicyclic amines) is 1. The number of H-pyrrole nitrogens is 1. The summed E-state index contributed by atoms with van der Waals surface area (Å²) in [4.78, 5) is 46.7. The molecule has 0 spiro atoms. The van der Waals surface area contributed by atoms with E-state index in [9.17, 15) is 14.4 Å². The van der Waals surface area contributed by atoms with Crippen LogP contribution in [0.25, 0.3) is 0 Å². The summed E-state index contributed by atoms with van der Waals surface area (Å²) in [5.41, 5.74) is 0.588. The molecule has 3 rings (SSSR count). The average Bonchev–Trinajstić information content (AvgIpc) is 2.60. The van der Waals surface area contributed by atoms with Crippen molar-refractivity contribution >= 4 is 11.8 Å². The van der Waals surface area contributed by atoms with Crippen molar-refractivity contribution < 1.29 is 9.59 Å². The Bertz CT molecular complexity index is 708. The number of carbonyl (C=O) groups excluding carboxylic acids is 2. The second-order valence-electron chi connectivity index (χ2n) is 6.84. The number of aromatic amines is 1. The highest BCUT2D eigenvalue weighted by molar-refractivity contribution is 5.83. The molecular formula is C17H25N5O3. The fourth-order valence-electron chi connectivity index (χ4n) is 3.59. The summed E-state index contributed by atoms with van der Waals surface area (Å²) in [6.07, 6.45) is 1.56. The lowest BCUT2D eigenvalue weighted by molar-refractivity contribution is -0.138. The van der Waals surface area contributed by atoms with E-state index >= 15 is 0 Å². The summed E-state index contributed by atoms with van der Waals surface area (Å²) < 4.78 is 0. The zero-order chi connectivity index (χ0) is 18.0. The molecule has 0 bridgehead atoms. The highest BCUT2D eigenvalue weighted by atomic mass is 16.2. The Morgan fingerprint density at radius 3 is 2.56 bits per heavy atom. The molecule has 3 heterocycles. The number of hydrogen-bond donors (Lipinski definition) is 2. The minimum Gasteiger partial charge on any atom is -0.341 e. The summed E-state index contributed by atoms with van der Waals surface area (Å²) in [6.45, 7) is 6.34. The Morgan fingerprint density at radius 1 is 1.20 bits per heavy atom. The number of piperidine rings is 1. The molecule has 0 saturated carbocycles. The van der Waals surface area contributed by atoms with Crippen LogP contribution in [0.4, 0.5) is 0 Å². The van der Waals surface area contributed by atoms with Gasteiger partial charge in [0.15, 0.2) is 0 Å². The van der Waals surface area contributed by atoms with E-state index in [0.717, 1.165) is 18.7 Å². The summed E-state index contributed by atoms with van der Waals surface area (Å²) in [5, 5.41) is 3.21. The van der Waals surface area contributed by atoms with Crippen LogP contribution in [0.3, 0.4) is 0 Å². The van der Waals surface area contributed by atoms with Gasteiger partial charge in [0.2, 0.25) is 11.8 Å². The third kappa shape index (κ3) is 4.07. The van der Waals surface area contributed by atoms with Crippen LogP contribution in [0.2, 0.25) is 0 Å². The average molecular weight is 347 g/mol. The fourth-order valence-corrected chi connectivity index (χ4v) is 3.59. The zero-order valence-electron chi connectivity index (χ0n) is 14.7. The standard InChI is InChI=1S/C17H25N5O3/c1-11-9-15(24)20-16(19-11)13-3-6-21(7-4-13)17(25)14-10-22(12(2)23)8-5-18-14/h9,13-14,18H,3-8,10H2,1-2H3,(H,19,20,24)/t14-/m0/s1. The van der Waals surface area contributed by atoms with E-state index in [4.69, 9.17) is 0 Å². The van der Waals surface area contributed by atoms with Crippen LogP contribution in [-0.2, 0) is 9.59 Å². The van der Waals surface area contributed by atoms with Crippen molar-refractivity contribution in [2.75, 3.05) is 32.7 Å². The first-order valence-electron chi connectivity index (χ1n) is 8.79. The molecule has 8 nitrogen and oxygen atoms in total. The van der Waals surface area contributed by atoms with Gasteiger partial charge in [-0.1, -0.05) is 0 Å². The van der Waals surface area contributed by atoms with Crippen LogP contribution >= 0.6 is 0 Å². The first-order valence-corrected chi connectivity index (χ1v) is 8.79. The van der Waals surface area contributed by atoms with Crippen LogP contribution in [0.5, 0.6) is 0 Å². The van der Waals surface area contributed by atoms with E-state index < -0.39 is 0 Å². The van der Waals surface area contributed by atoms with Gasteiger partial charge in [0.25, 0.3) is 5.56 Å². The van der Waals surface area contributed by atoms with Crippen LogP contribution < -0.4 is 10.9 Å². The normalized spacial score (nSPS) is 22.1. The molecule has 25 heavy (non-hydrogen) atoms. The maximum absolute atomic E-state index is 12.7. The number of rotatable bonds is 2. The second-order valence-corrected chi connectivity index (χ2v) is 6.84. The van der Waals surface area contributed by atoms with Crippen molar-refractivity contribution in [3.8, 4) is 0 Å². The second kappa shape index (κ2) is 7.35. The lowest BCUT2D eigenvalue weighted by Gasteiger charge is -2.37. The molecule has 8 heteroatoms. The van der Waals surface area contributed by atoms with Crippen LogP contribution in [0, 0.1) is 6.92 Å². The zero-order valence-corrected chi connectivity index (χ0v) is 14.7. The van der Waals surface area contributed by atoms with Gasteiger partial charge < -0.3 is 20.1 Å². The summed E-state index contributed by atoms with van der Waals surface area (Å²) >= 11 is 0. The monoisotopic (exact) mass is 347 g/mol. The van der Waals surface area contributed by atoms with Gasteiger partial charge in [-0.15, -0.1) is 0 Å². The molecule has 2 aliphatic heterocycles. The van der Waals surface area contributed by atoms with Gasteiger partial charge in [0, 0.05) is 57.3 Å². The van der Waals surface area contributed by atoms with Crippen molar-refractivity contribution in [3.05, 3.63) is 27.9 Å². The first-order chi connectivity index (χ1) is 11.9. The number of piperazine rings is 1. The van der Waals surface area contributed by atoms with Crippen LogP contribution in [0.1, 0.15) is 37.2 Å². The number of hydrogen-bond acceptors (Lipinski definition) is 5. The first kappa shape index (κ1) is 17.6. The van der Waals surface area contributed by atoms with Gasteiger partial charge in [0.1, 0.15) is 11.9 Å². The number of aromatic nitrogens is 2. The fraction of sp³-hybridized carbons (Fsp3) is 0.647. The summed E-state index contributed by atoms with van der Waals surface area (Å²) in [5.74, 6) is 0.947. The van der Waals surface area contributed by atoms with E-state index in [-0.39, 0.29) is 29.3 Å². The third-order valence-corrected chi connectivity index (χ3v) is 5.00. The SMILES string of the molecule is CC(=O)N1CCN[C@H](C(=O)N2CCC(c3nc(C)cc(=O)[nH]3)CC2)C1. The van der Waals surface area contributed by atoms with Crippen molar-refractivity contribution in [1.29, 1.82) is 0 Å². The lowest BCUT2D eigenvalue weighted by atomic mass is 9.95. The smallest absolute Gasteiger partial charge is 0.251 e. The Hall–Kier alpha value is -2.22. The maximum Gasteiger partial charge on any atom is 0.251 e. The van der Waals surface area contributed by atoms with Gasteiger partial charge in [-0.25, -0.2) is 4.98 Å². The number of carbonyl (C=O) groups is 2. The molecule has 2 fully saturated rings. The molecule has 1 aromatic rings. The minimum absolute atomic E-state index is 0.00693. The Balaban J connectivity index is 1.59. The van der Waals surface area contributed by atoms with E-state index in [1.807, 2.05) is 11.8 Å². The number of nitrogens with zero attached hydrogens (tertiary/aromatic N) is 3. The molecule has 2 saturated heterocycles. The summed E-state index contributed by atoms with van der Waals surface area (Å²) in [6, 6.07) is 1.16. The molecule has 1 aromatic heterocycles. The molecule has 136 valence electrons. The predicted octanol–water partition coefficient (Wildman–Crippen LogP) is -0.395. The van der Waals surface area contributed by atoms with Crippen LogP contribution in [-0.4, -0.2) is 70.3 Å². The van der Waals surface area contributed by atoms with E-state index in [1.165, 1.54) is 13.0 Å². The van der Waals surface area contributed by atoms with Crippen molar-refractivity contribution in [1.82, 2.24) is 25.1 Å². The third-order valence-electron chi connectivity index (χ3n) is 5.00. The number of aryl methyl sites for hydroxylation is 1. The van der Waals surface area contributed by atoms with Gasteiger partial charge in [0.05, 0.1) is 0 Å². The lowest BCUT2D eigenvalue weighted by Crippen LogP contribution is -2.59. The Kier molecular flexibility index (Phi) is 5.17.